The summed E-state index contributed by atoms with van der Waals surface area (Å²) >= 11 is 0. The quantitative estimate of drug-likeness (QED) is 0.409. The van der Waals surface area contributed by atoms with Crippen molar-refractivity contribution >= 4 is 5.91 Å². The molecule has 2 aliphatic rings. The Bertz CT molecular complexity index is 559. The van der Waals surface area contributed by atoms with E-state index in [1.54, 1.807) is 6.92 Å². The predicted molar refractivity (Wildman–Crippen MR) is 92.3 cm³/mol. The third-order valence-corrected chi connectivity index (χ3v) is 3.99. The van der Waals surface area contributed by atoms with Gasteiger partial charge in [-0.3, -0.25) is 9.69 Å². The van der Waals surface area contributed by atoms with E-state index in [0.717, 1.165) is 0 Å². The fraction of sp³-hybridized carbons (Fsp3) is 0.500. The van der Waals surface area contributed by atoms with Crippen LogP contribution in [0.1, 0.15) is 6.92 Å². The van der Waals surface area contributed by atoms with E-state index in [1.165, 1.54) is 18.2 Å². The van der Waals surface area contributed by atoms with Crippen LogP contribution in [0.2, 0.25) is 0 Å². The van der Waals surface area contributed by atoms with E-state index in [1.807, 2.05) is 4.90 Å². The number of rotatable bonds is 8. The number of nitrogens with zero attached hydrogens (tertiary/aromatic N) is 1. The van der Waals surface area contributed by atoms with Gasteiger partial charge in [0.25, 0.3) is 5.91 Å². The van der Waals surface area contributed by atoms with Crippen LogP contribution >= 0.6 is 0 Å². The fourth-order valence-electron chi connectivity index (χ4n) is 2.79. The van der Waals surface area contributed by atoms with Gasteiger partial charge >= 0.3 is 0 Å². The molecule has 6 nitrogen and oxygen atoms in total. The first-order valence-electron chi connectivity index (χ1n) is 8.33. The number of allylic oxidation sites excluding steroid dienone is 2. The molecule has 2 atom stereocenters. The Hall–Kier alpha value is -1.96. The van der Waals surface area contributed by atoms with Crippen molar-refractivity contribution in [2.75, 3.05) is 39.5 Å². The summed E-state index contributed by atoms with van der Waals surface area (Å²) in [7, 11) is 0. The summed E-state index contributed by atoms with van der Waals surface area (Å²) < 4.78 is 30.7. The molecule has 2 saturated heterocycles. The van der Waals surface area contributed by atoms with Gasteiger partial charge in [0, 0.05) is 19.6 Å². The van der Waals surface area contributed by atoms with Crippen LogP contribution in [0.15, 0.2) is 48.7 Å². The first-order chi connectivity index (χ1) is 12.1. The summed E-state index contributed by atoms with van der Waals surface area (Å²) in [5, 5.41) is 2.44. The van der Waals surface area contributed by atoms with Gasteiger partial charge in [-0.25, -0.2) is 4.39 Å². The van der Waals surface area contributed by atoms with Crippen molar-refractivity contribution in [2.24, 2.45) is 0 Å². The number of carbonyl (C=O) groups is 1. The molecule has 0 bridgehead atoms. The molecule has 2 heterocycles. The second-order valence-electron chi connectivity index (χ2n) is 5.66. The number of carbonyl (C=O) groups excluding carboxylic acids is 1. The average molecular weight is 352 g/mol. The average Bonchev–Trinajstić information content (AvgIpc) is 3.05. The van der Waals surface area contributed by atoms with Crippen molar-refractivity contribution in [3.05, 3.63) is 48.7 Å². The van der Waals surface area contributed by atoms with E-state index in [-0.39, 0.29) is 17.9 Å². The lowest BCUT2D eigenvalue weighted by atomic mass is 10.2. The first-order valence-corrected chi connectivity index (χ1v) is 8.33. The largest absolute Gasteiger partial charge is 0.492 e. The van der Waals surface area contributed by atoms with Gasteiger partial charge in [-0.15, -0.1) is 0 Å². The molecule has 0 aromatic carbocycles. The normalized spacial score (nSPS) is 25.0. The van der Waals surface area contributed by atoms with Crippen LogP contribution in [0.25, 0.3) is 0 Å². The SMILES string of the molecule is C=CC(NC(=O)C(F)=CCN1CC2OCCOC2C1)=C(C=C)OCC. The molecular weight excluding hydrogens is 327 g/mol. The summed E-state index contributed by atoms with van der Waals surface area (Å²) in [6, 6.07) is 0. The molecule has 25 heavy (non-hydrogen) atoms. The first kappa shape index (κ1) is 19.4. The minimum absolute atomic E-state index is 0.0238. The van der Waals surface area contributed by atoms with E-state index in [9.17, 15) is 9.18 Å². The molecule has 0 aromatic rings. The molecule has 1 amide bonds. The van der Waals surface area contributed by atoms with Crippen LogP contribution in [-0.2, 0) is 19.0 Å². The van der Waals surface area contributed by atoms with Crippen LogP contribution < -0.4 is 5.32 Å². The molecule has 2 rings (SSSR count). The maximum absolute atomic E-state index is 14.1. The van der Waals surface area contributed by atoms with Crippen LogP contribution in [0.3, 0.4) is 0 Å². The lowest BCUT2D eigenvalue weighted by molar-refractivity contribution is -0.118. The molecule has 0 radical (unpaired) electrons. The highest BCUT2D eigenvalue weighted by atomic mass is 19.1. The topological polar surface area (TPSA) is 60.0 Å². The van der Waals surface area contributed by atoms with E-state index < -0.39 is 11.7 Å². The van der Waals surface area contributed by atoms with Crippen LogP contribution in [0, 0.1) is 0 Å². The van der Waals surface area contributed by atoms with Crippen LogP contribution in [-0.4, -0.2) is 62.5 Å². The molecule has 2 unspecified atom stereocenters. The molecule has 0 aromatic heterocycles. The van der Waals surface area contributed by atoms with Crippen molar-refractivity contribution in [1.29, 1.82) is 0 Å². The number of nitrogens with one attached hydrogen (secondary N) is 1. The molecule has 0 spiro atoms. The third kappa shape index (κ3) is 5.26. The second kappa shape index (κ2) is 9.50. The Morgan fingerprint density at radius 1 is 1.28 bits per heavy atom. The third-order valence-electron chi connectivity index (χ3n) is 3.99. The highest BCUT2D eigenvalue weighted by molar-refractivity contribution is 5.92. The Morgan fingerprint density at radius 3 is 2.44 bits per heavy atom. The predicted octanol–water partition coefficient (Wildman–Crippen LogP) is 1.68. The van der Waals surface area contributed by atoms with Gasteiger partial charge in [0.1, 0.15) is 5.76 Å². The zero-order valence-electron chi connectivity index (χ0n) is 14.5. The summed E-state index contributed by atoms with van der Waals surface area (Å²) in [5.74, 6) is -1.37. The number of hydrogen-bond acceptors (Lipinski definition) is 5. The highest BCUT2D eigenvalue weighted by Gasteiger charge is 2.36. The zero-order valence-corrected chi connectivity index (χ0v) is 14.5. The van der Waals surface area contributed by atoms with Crippen molar-refractivity contribution in [3.8, 4) is 0 Å². The number of fused-ring (bicyclic) bond motifs is 1. The van der Waals surface area contributed by atoms with Crippen molar-refractivity contribution in [1.82, 2.24) is 10.2 Å². The highest BCUT2D eigenvalue weighted by Crippen LogP contribution is 2.20. The Kier molecular flexibility index (Phi) is 7.36. The minimum atomic E-state index is -0.865. The Balaban J connectivity index is 1.91. The Labute approximate surface area is 147 Å². The monoisotopic (exact) mass is 352 g/mol. The van der Waals surface area contributed by atoms with Gasteiger partial charge in [0.15, 0.2) is 5.83 Å². The van der Waals surface area contributed by atoms with Crippen LogP contribution in [0.5, 0.6) is 0 Å². The van der Waals surface area contributed by atoms with Gasteiger partial charge in [0.05, 0.1) is 37.7 Å². The van der Waals surface area contributed by atoms with E-state index in [4.69, 9.17) is 14.2 Å². The molecule has 138 valence electrons. The standard InChI is InChI=1S/C18H25FN2O4/c1-4-14(15(5-2)23-6-3)20-18(22)13(19)7-8-21-11-16-17(12-21)25-10-9-24-16/h4-5,7,16-17H,1-2,6,8-12H2,3H3,(H,20,22). The molecule has 0 aliphatic carbocycles. The van der Waals surface area contributed by atoms with Crippen molar-refractivity contribution < 1.29 is 23.4 Å². The summed E-state index contributed by atoms with van der Waals surface area (Å²) in [6.07, 6.45) is 4.12. The van der Waals surface area contributed by atoms with Crippen molar-refractivity contribution in [2.45, 2.75) is 19.1 Å². The molecule has 1 N–H and O–H groups in total. The maximum atomic E-state index is 14.1. The van der Waals surface area contributed by atoms with E-state index in [2.05, 4.69) is 18.5 Å². The minimum Gasteiger partial charge on any atom is -0.492 e. The van der Waals surface area contributed by atoms with Gasteiger partial charge < -0.3 is 19.5 Å². The fourth-order valence-corrected chi connectivity index (χ4v) is 2.79. The number of hydrogen-bond donors (Lipinski definition) is 1. The maximum Gasteiger partial charge on any atom is 0.284 e. The Morgan fingerprint density at radius 2 is 1.92 bits per heavy atom. The lowest BCUT2D eigenvalue weighted by Crippen LogP contribution is -2.36. The second-order valence-corrected chi connectivity index (χ2v) is 5.66. The molecule has 0 saturated carbocycles. The van der Waals surface area contributed by atoms with E-state index in [0.29, 0.717) is 45.2 Å². The molecule has 2 aliphatic heterocycles. The summed E-state index contributed by atoms with van der Waals surface area (Å²) in [6.45, 7) is 12.2. The van der Waals surface area contributed by atoms with Crippen molar-refractivity contribution in [3.63, 3.8) is 0 Å². The van der Waals surface area contributed by atoms with Gasteiger partial charge in [-0.1, -0.05) is 13.2 Å². The van der Waals surface area contributed by atoms with Gasteiger partial charge in [-0.2, -0.15) is 0 Å². The number of likely N-dealkylation sites (tertiary alicyclic amines) is 1. The molecule has 7 heteroatoms. The van der Waals surface area contributed by atoms with E-state index >= 15 is 0 Å². The summed E-state index contributed by atoms with van der Waals surface area (Å²) in [5.41, 5.74) is 0.277. The molecular formula is C18H25FN2O4. The van der Waals surface area contributed by atoms with Gasteiger partial charge in [0.2, 0.25) is 0 Å². The zero-order chi connectivity index (χ0) is 18.2. The smallest absolute Gasteiger partial charge is 0.284 e. The number of ether oxygens (including phenoxy) is 3. The molecule has 2 fully saturated rings. The van der Waals surface area contributed by atoms with Crippen LogP contribution in [0.4, 0.5) is 4.39 Å². The summed E-state index contributed by atoms with van der Waals surface area (Å²) in [4.78, 5) is 14.0. The number of amides is 1. The number of halogens is 1. The lowest BCUT2D eigenvalue weighted by Gasteiger charge is -2.24. The van der Waals surface area contributed by atoms with Gasteiger partial charge in [-0.05, 0) is 25.2 Å².